The van der Waals surface area contributed by atoms with Crippen LogP contribution in [0.15, 0.2) is 67.0 Å². The van der Waals surface area contributed by atoms with Crippen molar-refractivity contribution in [3.05, 3.63) is 78.4 Å². The van der Waals surface area contributed by atoms with E-state index < -0.39 is 0 Å². The molecule has 138 valence electrons. The van der Waals surface area contributed by atoms with Crippen molar-refractivity contribution < 1.29 is 5.11 Å². The van der Waals surface area contributed by atoms with E-state index in [2.05, 4.69) is 32.8 Å². The van der Waals surface area contributed by atoms with E-state index in [0.717, 1.165) is 35.2 Å². The molecule has 1 aliphatic heterocycles. The molecule has 1 fully saturated rings. The summed E-state index contributed by atoms with van der Waals surface area (Å²) in [5.41, 5.74) is 3.11. The molecular weight excluding hydrogens is 356 g/mol. The molecule has 1 aliphatic rings. The van der Waals surface area contributed by atoms with Crippen LogP contribution in [-0.4, -0.2) is 31.2 Å². The van der Waals surface area contributed by atoms with Crippen molar-refractivity contribution in [3.63, 3.8) is 0 Å². The van der Waals surface area contributed by atoms with Gasteiger partial charge in [0.15, 0.2) is 5.11 Å². The van der Waals surface area contributed by atoms with Crippen LogP contribution in [0.4, 0.5) is 0 Å². The Morgan fingerprint density at radius 3 is 2.63 bits per heavy atom. The number of phenols is 1. The van der Waals surface area contributed by atoms with Crippen LogP contribution in [0, 0.1) is 0 Å². The second-order valence-electron chi connectivity index (χ2n) is 6.64. The summed E-state index contributed by atoms with van der Waals surface area (Å²) in [6.07, 6.45) is 4.87. The van der Waals surface area contributed by atoms with Crippen LogP contribution in [0.1, 0.15) is 36.8 Å². The molecule has 5 nitrogen and oxygen atoms in total. The third-order valence-corrected chi connectivity index (χ3v) is 5.23. The number of nitrogens with one attached hydrogen (secondary N) is 1. The van der Waals surface area contributed by atoms with E-state index in [4.69, 9.17) is 12.2 Å². The van der Waals surface area contributed by atoms with E-state index in [1.807, 2.05) is 48.8 Å². The van der Waals surface area contributed by atoms with Gasteiger partial charge in [-0.05, 0) is 67.2 Å². The van der Waals surface area contributed by atoms with E-state index in [1.54, 1.807) is 12.1 Å². The lowest BCUT2D eigenvalue weighted by atomic mass is 10.0. The molecular formula is C21H22N4OS. The molecule has 0 unspecified atom stereocenters. The van der Waals surface area contributed by atoms with Crippen LogP contribution in [0.5, 0.6) is 5.75 Å². The summed E-state index contributed by atoms with van der Waals surface area (Å²) >= 11 is 5.66. The molecule has 0 spiro atoms. The van der Waals surface area contributed by atoms with Crippen molar-refractivity contribution in [3.8, 4) is 11.4 Å². The number of nitrogens with zero attached hydrogens (tertiary/aromatic N) is 3. The Kier molecular flexibility index (Phi) is 4.81. The number of aromatic nitrogens is 2. The Hall–Kier alpha value is -2.86. The van der Waals surface area contributed by atoms with Crippen LogP contribution in [-0.2, 0) is 0 Å². The van der Waals surface area contributed by atoms with Crippen molar-refractivity contribution in [2.24, 2.45) is 0 Å². The number of thiocarbonyl (C=S) groups is 1. The molecule has 0 radical (unpaired) electrons. The Morgan fingerprint density at radius 1 is 1.11 bits per heavy atom. The quantitative estimate of drug-likeness (QED) is 0.658. The molecule has 0 saturated carbocycles. The Balaban J connectivity index is 1.80. The Labute approximate surface area is 164 Å². The smallest absolute Gasteiger partial charge is 0.170 e. The highest BCUT2D eigenvalue weighted by molar-refractivity contribution is 7.80. The fourth-order valence-corrected chi connectivity index (χ4v) is 4.02. The molecule has 27 heavy (non-hydrogen) atoms. The first-order valence-electron chi connectivity index (χ1n) is 9.13. The summed E-state index contributed by atoms with van der Waals surface area (Å²) in [5.74, 6) is 0.259. The summed E-state index contributed by atoms with van der Waals surface area (Å²) in [6, 6.07) is 17.4. The summed E-state index contributed by atoms with van der Waals surface area (Å²) in [5, 5.41) is 13.9. The average molecular weight is 379 g/mol. The predicted molar refractivity (Wildman–Crippen MR) is 110 cm³/mol. The minimum absolute atomic E-state index is 0.0176. The highest BCUT2D eigenvalue weighted by Gasteiger charge is 2.40. The van der Waals surface area contributed by atoms with Gasteiger partial charge in [-0.1, -0.05) is 13.0 Å². The van der Waals surface area contributed by atoms with Crippen LogP contribution in [0.25, 0.3) is 5.69 Å². The van der Waals surface area contributed by atoms with E-state index in [-0.39, 0.29) is 17.8 Å². The normalized spacial score (nSPS) is 19.3. The highest BCUT2D eigenvalue weighted by Crippen LogP contribution is 2.39. The van der Waals surface area contributed by atoms with Gasteiger partial charge in [-0.2, -0.15) is 0 Å². The van der Waals surface area contributed by atoms with Gasteiger partial charge < -0.3 is 19.9 Å². The number of rotatable bonds is 5. The number of hydrogen-bond acceptors (Lipinski definition) is 3. The summed E-state index contributed by atoms with van der Waals surface area (Å²) < 4.78 is 2.15. The molecule has 3 aromatic rings. The van der Waals surface area contributed by atoms with Gasteiger partial charge in [0.2, 0.25) is 0 Å². The maximum atomic E-state index is 9.62. The average Bonchev–Trinajstić information content (AvgIpc) is 3.28. The van der Waals surface area contributed by atoms with Crippen LogP contribution >= 0.6 is 12.2 Å². The zero-order valence-electron chi connectivity index (χ0n) is 15.1. The molecule has 6 heteroatoms. The van der Waals surface area contributed by atoms with Gasteiger partial charge in [-0.25, -0.2) is 0 Å². The molecule has 4 rings (SSSR count). The van der Waals surface area contributed by atoms with Crippen LogP contribution < -0.4 is 5.32 Å². The maximum Gasteiger partial charge on any atom is 0.170 e. The number of benzene rings is 1. The second-order valence-corrected chi connectivity index (χ2v) is 7.03. The van der Waals surface area contributed by atoms with Crippen molar-refractivity contribution >= 4 is 17.3 Å². The van der Waals surface area contributed by atoms with Gasteiger partial charge in [0.25, 0.3) is 0 Å². The lowest BCUT2D eigenvalue weighted by Gasteiger charge is -2.28. The van der Waals surface area contributed by atoms with E-state index in [0.29, 0.717) is 0 Å². The second kappa shape index (κ2) is 7.40. The van der Waals surface area contributed by atoms with E-state index in [1.165, 1.54) is 0 Å². The van der Waals surface area contributed by atoms with Crippen LogP contribution in [0.3, 0.4) is 0 Å². The minimum Gasteiger partial charge on any atom is -0.508 e. The maximum absolute atomic E-state index is 9.62. The molecule has 0 amide bonds. The van der Waals surface area contributed by atoms with Crippen molar-refractivity contribution in [2.75, 3.05) is 6.54 Å². The molecule has 0 bridgehead atoms. The first-order valence-corrected chi connectivity index (χ1v) is 9.54. The predicted octanol–water partition coefficient (Wildman–Crippen LogP) is 3.96. The molecule has 2 aromatic heterocycles. The third-order valence-electron chi connectivity index (χ3n) is 4.87. The summed E-state index contributed by atoms with van der Waals surface area (Å²) in [7, 11) is 0. The largest absolute Gasteiger partial charge is 0.508 e. The molecule has 2 atom stereocenters. The van der Waals surface area contributed by atoms with Gasteiger partial charge in [0.1, 0.15) is 5.75 Å². The summed E-state index contributed by atoms with van der Waals surface area (Å²) in [6.45, 7) is 3.04. The zero-order valence-corrected chi connectivity index (χ0v) is 15.9. The Bertz CT molecular complexity index is 923. The topological polar surface area (TPSA) is 53.3 Å². The van der Waals surface area contributed by atoms with Gasteiger partial charge in [-0.3, -0.25) is 4.98 Å². The molecule has 3 heterocycles. The van der Waals surface area contributed by atoms with E-state index in [9.17, 15) is 5.11 Å². The van der Waals surface area contributed by atoms with Crippen molar-refractivity contribution in [1.29, 1.82) is 0 Å². The zero-order chi connectivity index (χ0) is 18.8. The lowest BCUT2D eigenvalue weighted by molar-refractivity contribution is 0.309. The summed E-state index contributed by atoms with van der Waals surface area (Å²) in [4.78, 5) is 6.82. The van der Waals surface area contributed by atoms with Gasteiger partial charge >= 0.3 is 0 Å². The fourth-order valence-electron chi connectivity index (χ4n) is 3.69. The highest BCUT2D eigenvalue weighted by atomic mass is 32.1. The van der Waals surface area contributed by atoms with Crippen molar-refractivity contribution in [2.45, 2.75) is 25.4 Å². The first kappa shape index (κ1) is 17.5. The minimum atomic E-state index is -0.0176. The first-order chi connectivity index (χ1) is 13.2. The standard InChI is InChI=1S/C21H22N4OS/c1-2-13-25-20(19(23-21(25)27)17-6-3-4-12-22-17)18-7-5-14-24(18)15-8-10-16(26)11-9-15/h3-12,14,19-20,26H,2,13H2,1H3,(H,23,27)/t19-,20+/m0/s1. The molecule has 2 N–H and O–H groups in total. The fraction of sp³-hybridized carbons (Fsp3) is 0.238. The Morgan fingerprint density at radius 2 is 1.93 bits per heavy atom. The number of aromatic hydroxyl groups is 1. The van der Waals surface area contributed by atoms with Gasteiger partial charge in [0.05, 0.1) is 17.8 Å². The van der Waals surface area contributed by atoms with Crippen LogP contribution in [0.2, 0.25) is 0 Å². The molecule has 0 aliphatic carbocycles. The molecule has 1 aromatic carbocycles. The number of pyridine rings is 1. The third kappa shape index (κ3) is 3.28. The van der Waals surface area contributed by atoms with Crippen molar-refractivity contribution in [1.82, 2.24) is 19.8 Å². The SMILES string of the molecule is CCCN1C(=S)N[C@@H](c2ccccn2)[C@H]1c1cccn1-c1ccc(O)cc1. The molecule has 1 saturated heterocycles. The monoisotopic (exact) mass is 378 g/mol. The number of phenolic OH excluding ortho intramolecular Hbond substituents is 1. The lowest BCUT2D eigenvalue weighted by Crippen LogP contribution is -2.31. The number of hydrogen-bond donors (Lipinski definition) is 2. The van der Waals surface area contributed by atoms with Gasteiger partial charge in [-0.15, -0.1) is 0 Å². The van der Waals surface area contributed by atoms with Gasteiger partial charge in [0, 0.05) is 30.3 Å². The van der Waals surface area contributed by atoms with E-state index >= 15 is 0 Å².